The summed E-state index contributed by atoms with van der Waals surface area (Å²) in [6.07, 6.45) is 2.50. The first-order chi connectivity index (χ1) is 14.2. The summed E-state index contributed by atoms with van der Waals surface area (Å²) in [4.78, 5) is 27.0. The number of carbonyl (C=O) groups excluding carboxylic acids is 2. The molecule has 0 spiro atoms. The summed E-state index contributed by atoms with van der Waals surface area (Å²) in [6, 6.07) is 13.2. The van der Waals surface area contributed by atoms with E-state index in [1.54, 1.807) is 6.26 Å². The molecule has 146 valence electrons. The van der Waals surface area contributed by atoms with Crippen LogP contribution >= 0.6 is 11.3 Å². The highest BCUT2D eigenvalue weighted by atomic mass is 32.1. The molecular weight excluding hydrogens is 390 g/mol. The fourth-order valence-corrected chi connectivity index (χ4v) is 3.68. The van der Waals surface area contributed by atoms with E-state index in [0.717, 1.165) is 28.4 Å². The number of aromatic nitrogens is 1. The van der Waals surface area contributed by atoms with Gasteiger partial charge in [-0.1, -0.05) is 18.2 Å². The number of benzene rings is 2. The molecule has 0 bridgehead atoms. The highest BCUT2D eigenvalue weighted by Crippen LogP contribution is 2.32. The van der Waals surface area contributed by atoms with Gasteiger partial charge in [-0.2, -0.15) is 0 Å². The van der Waals surface area contributed by atoms with Crippen LogP contribution in [0.25, 0.3) is 22.2 Å². The maximum atomic E-state index is 11.6. The Hall–Kier alpha value is -3.45. The van der Waals surface area contributed by atoms with Gasteiger partial charge in [-0.25, -0.2) is 4.98 Å². The van der Waals surface area contributed by atoms with Crippen LogP contribution in [0.4, 0.5) is 0 Å². The number of fused-ring (bicyclic) bond motifs is 1. The van der Waals surface area contributed by atoms with Crippen molar-refractivity contribution in [3.63, 3.8) is 0 Å². The molecule has 0 unspecified atom stereocenters. The van der Waals surface area contributed by atoms with E-state index in [-0.39, 0.29) is 12.4 Å². The number of esters is 1. The fourth-order valence-electron chi connectivity index (χ4n) is 3.06. The van der Waals surface area contributed by atoms with Crippen LogP contribution in [0, 0.1) is 0 Å². The first kappa shape index (κ1) is 18.9. The van der Waals surface area contributed by atoms with Gasteiger partial charge in [0.1, 0.15) is 17.9 Å². The van der Waals surface area contributed by atoms with Gasteiger partial charge in [0.05, 0.1) is 25.5 Å². The van der Waals surface area contributed by atoms with E-state index in [0.29, 0.717) is 28.6 Å². The quantitative estimate of drug-likeness (QED) is 0.327. The number of ether oxygens (including phenoxy) is 2. The lowest BCUT2D eigenvalue weighted by Gasteiger charge is -2.12. The van der Waals surface area contributed by atoms with Crippen molar-refractivity contribution < 1.29 is 23.5 Å². The predicted molar refractivity (Wildman–Crippen MR) is 109 cm³/mol. The SMILES string of the molecule is COC(=O)Cc1ccccc1OCc1cc(-c2csc(C=O)n2)c2occc2c1. The second kappa shape index (κ2) is 8.28. The van der Waals surface area contributed by atoms with Gasteiger partial charge in [-0.05, 0) is 29.8 Å². The summed E-state index contributed by atoms with van der Waals surface area (Å²) in [7, 11) is 1.36. The molecule has 29 heavy (non-hydrogen) atoms. The van der Waals surface area contributed by atoms with Crippen LogP contribution in [0.3, 0.4) is 0 Å². The molecule has 2 aromatic carbocycles. The second-order valence-corrected chi connectivity index (χ2v) is 7.21. The van der Waals surface area contributed by atoms with Gasteiger partial charge in [0, 0.05) is 21.9 Å². The van der Waals surface area contributed by atoms with Gasteiger partial charge in [0.25, 0.3) is 0 Å². The molecule has 2 aromatic heterocycles. The summed E-state index contributed by atoms with van der Waals surface area (Å²) in [6.45, 7) is 0.303. The molecule has 0 saturated carbocycles. The third-order valence-electron chi connectivity index (χ3n) is 4.44. The molecule has 0 saturated heterocycles. The molecule has 4 rings (SSSR count). The van der Waals surface area contributed by atoms with E-state index in [1.807, 2.05) is 47.8 Å². The fraction of sp³-hybridized carbons (Fsp3) is 0.136. The van der Waals surface area contributed by atoms with Crippen molar-refractivity contribution in [2.24, 2.45) is 0 Å². The van der Waals surface area contributed by atoms with Gasteiger partial charge in [0.15, 0.2) is 11.3 Å². The molecule has 2 heterocycles. The van der Waals surface area contributed by atoms with Crippen LogP contribution in [0.2, 0.25) is 0 Å². The molecule has 0 amide bonds. The van der Waals surface area contributed by atoms with E-state index < -0.39 is 0 Å². The molecule has 0 aliphatic carbocycles. The minimum absolute atomic E-state index is 0.145. The number of methoxy groups -OCH3 is 1. The minimum Gasteiger partial charge on any atom is -0.489 e. The highest BCUT2D eigenvalue weighted by molar-refractivity contribution is 7.11. The lowest BCUT2D eigenvalue weighted by Crippen LogP contribution is -2.06. The lowest BCUT2D eigenvalue weighted by molar-refractivity contribution is -0.139. The summed E-state index contributed by atoms with van der Waals surface area (Å²) >= 11 is 1.29. The number of hydrogen-bond acceptors (Lipinski definition) is 7. The molecular formula is C22H17NO5S. The van der Waals surface area contributed by atoms with Crippen LogP contribution in [0.5, 0.6) is 5.75 Å². The number of rotatable bonds is 7. The second-order valence-electron chi connectivity index (χ2n) is 6.32. The first-order valence-electron chi connectivity index (χ1n) is 8.86. The zero-order valence-corrected chi connectivity index (χ0v) is 16.4. The van der Waals surface area contributed by atoms with E-state index in [2.05, 4.69) is 4.98 Å². The molecule has 7 heteroatoms. The van der Waals surface area contributed by atoms with Gasteiger partial charge < -0.3 is 13.9 Å². The number of thiazole rings is 1. The summed E-state index contributed by atoms with van der Waals surface area (Å²) < 4.78 is 16.4. The Morgan fingerprint density at radius 1 is 1.24 bits per heavy atom. The first-order valence-corrected chi connectivity index (χ1v) is 9.74. The Bertz CT molecular complexity index is 1180. The Kier molecular flexibility index (Phi) is 5.39. The average molecular weight is 407 g/mol. The number of aldehydes is 1. The van der Waals surface area contributed by atoms with Gasteiger partial charge in [-0.3, -0.25) is 9.59 Å². The average Bonchev–Trinajstić information content (AvgIpc) is 3.41. The summed E-state index contributed by atoms with van der Waals surface area (Å²) in [5, 5.41) is 3.17. The molecule has 0 atom stereocenters. The number of para-hydroxylation sites is 1. The summed E-state index contributed by atoms with van der Waals surface area (Å²) in [5.41, 5.74) is 3.88. The maximum Gasteiger partial charge on any atom is 0.310 e. The predicted octanol–water partition coefficient (Wildman–Crippen LogP) is 4.66. The molecule has 0 aliphatic heterocycles. The highest BCUT2D eigenvalue weighted by Gasteiger charge is 2.14. The Morgan fingerprint density at radius 2 is 2.10 bits per heavy atom. The monoisotopic (exact) mass is 407 g/mol. The third kappa shape index (κ3) is 4.05. The number of carbonyl (C=O) groups is 2. The van der Waals surface area contributed by atoms with Crippen LogP contribution in [0.1, 0.15) is 20.9 Å². The topological polar surface area (TPSA) is 78.6 Å². The number of furan rings is 1. The Labute approximate surface area is 170 Å². The van der Waals surface area contributed by atoms with E-state index in [1.165, 1.54) is 18.4 Å². The van der Waals surface area contributed by atoms with Crippen molar-refractivity contribution >= 4 is 34.6 Å². The van der Waals surface area contributed by atoms with E-state index in [9.17, 15) is 9.59 Å². The van der Waals surface area contributed by atoms with Gasteiger partial charge in [0.2, 0.25) is 0 Å². The van der Waals surface area contributed by atoms with Gasteiger partial charge in [-0.15, -0.1) is 11.3 Å². The van der Waals surface area contributed by atoms with Crippen LogP contribution in [-0.2, 0) is 22.6 Å². The summed E-state index contributed by atoms with van der Waals surface area (Å²) in [5.74, 6) is 0.307. The third-order valence-corrected chi connectivity index (χ3v) is 5.21. The van der Waals surface area contributed by atoms with Crippen LogP contribution in [0.15, 0.2) is 58.5 Å². The molecule has 0 aliphatic rings. The molecule has 0 N–H and O–H groups in total. The molecule has 6 nitrogen and oxygen atoms in total. The molecule has 0 radical (unpaired) electrons. The van der Waals surface area contributed by atoms with Gasteiger partial charge >= 0.3 is 5.97 Å². The standard InChI is InChI=1S/C22H17NO5S/c1-26-21(25)10-15-4-2-3-5-19(15)28-12-14-8-16-6-7-27-22(16)17(9-14)18-13-29-20(11-24)23-18/h2-9,11,13H,10,12H2,1H3. The van der Waals surface area contributed by atoms with E-state index in [4.69, 9.17) is 13.9 Å². The maximum absolute atomic E-state index is 11.6. The zero-order chi connectivity index (χ0) is 20.2. The smallest absolute Gasteiger partial charge is 0.310 e. The molecule has 0 fully saturated rings. The van der Waals surface area contributed by atoms with Crippen molar-refractivity contribution in [3.05, 3.63) is 70.2 Å². The normalized spacial score (nSPS) is 10.8. The lowest BCUT2D eigenvalue weighted by atomic mass is 10.1. The largest absolute Gasteiger partial charge is 0.489 e. The number of nitrogens with zero attached hydrogens (tertiary/aromatic N) is 1. The number of hydrogen-bond donors (Lipinski definition) is 0. The van der Waals surface area contributed by atoms with Crippen molar-refractivity contribution in [2.75, 3.05) is 7.11 Å². The minimum atomic E-state index is -0.322. The zero-order valence-electron chi connectivity index (χ0n) is 15.6. The van der Waals surface area contributed by atoms with Crippen molar-refractivity contribution in [2.45, 2.75) is 13.0 Å². The Balaban J connectivity index is 1.63. The Morgan fingerprint density at radius 3 is 2.90 bits per heavy atom. The molecule has 4 aromatic rings. The van der Waals surface area contributed by atoms with Crippen molar-refractivity contribution in [1.82, 2.24) is 4.98 Å². The van der Waals surface area contributed by atoms with Crippen LogP contribution < -0.4 is 4.74 Å². The van der Waals surface area contributed by atoms with Crippen molar-refractivity contribution in [3.8, 4) is 17.0 Å². The van der Waals surface area contributed by atoms with Crippen molar-refractivity contribution in [1.29, 1.82) is 0 Å². The van der Waals surface area contributed by atoms with E-state index >= 15 is 0 Å². The van der Waals surface area contributed by atoms with Crippen LogP contribution in [-0.4, -0.2) is 24.3 Å².